The van der Waals surface area contributed by atoms with Crippen molar-refractivity contribution in [3.63, 3.8) is 0 Å². The fraction of sp³-hybridized carbons (Fsp3) is 0.500. The van der Waals surface area contributed by atoms with Gasteiger partial charge in [0.1, 0.15) is 11.6 Å². The Morgan fingerprint density at radius 3 is 2.50 bits per heavy atom. The van der Waals surface area contributed by atoms with E-state index in [1.807, 2.05) is 0 Å². The van der Waals surface area contributed by atoms with Crippen LogP contribution >= 0.6 is 0 Å². The van der Waals surface area contributed by atoms with E-state index in [0.717, 1.165) is 0 Å². The number of halogens is 2. The van der Waals surface area contributed by atoms with Gasteiger partial charge in [-0.05, 0) is 25.0 Å². The van der Waals surface area contributed by atoms with Crippen LogP contribution in [-0.2, 0) is 10.3 Å². The zero-order chi connectivity index (χ0) is 12.3. The normalized spacial score (nSPS) is 14.9. The first-order valence-electron chi connectivity index (χ1n) is 5.19. The van der Waals surface area contributed by atoms with E-state index in [1.54, 1.807) is 13.8 Å². The standard InChI is InChI=1S/C12H17F2NO/c1-4-12(15,7-16-3)10-9(13)6-5-8(2)11(10)14/h5-6H,4,7,15H2,1-3H3. The number of benzene rings is 1. The summed E-state index contributed by atoms with van der Waals surface area (Å²) >= 11 is 0. The second kappa shape index (κ2) is 4.89. The van der Waals surface area contributed by atoms with E-state index in [2.05, 4.69) is 0 Å². The van der Waals surface area contributed by atoms with Gasteiger partial charge < -0.3 is 10.5 Å². The topological polar surface area (TPSA) is 35.2 Å². The van der Waals surface area contributed by atoms with Gasteiger partial charge in [0.2, 0.25) is 0 Å². The molecule has 4 heteroatoms. The molecule has 1 atom stereocenters. The van der Waals surface area contributed by atoms with Crippen LogP contribution in [0.1, 0.15) is 24.5 Å². The molecule has 1 aromatic rings. The summed E-state index contributed by atoms with van der Waals surface area (Å²) in [6.07, 6.45) is 0.401. The van der Waals surface area contributed by atoms with Crippen molar-refractivity contribution in [3.05, 3.63) is 34.9 Å². The number of aryl methyl sites for hydroxylation is 1. The lowest BCUT2D eigenvalue weighted by Gasteiger charge is -2.29. The summed E-state index contributed by atoms with van der Waals surface area (Å²) in [5.41, 5.74) is 5.18. The molecule has 1 aromatic carbocycles. The van der Waals surface area contributed by atoms with Gasteiger partial charge in [-0.1, -0.05) is 13.0 Å². The lowest BCUT2D eigenvalue weighted by molar-refractivity contribution is 0.124. The Bertz CT molecular complexity index is 382. The Balaban J connectivity index is 3.34. The molecule has 16 heavy (non-hydrogen) atoms. The summed E-state index contributed by atoms with van der Waals surface area (Å²) in [6, 6.07) is 2.64. The number of ether oxygens (including phenoxy) is 1. The monoisotopic (exact) mass is 229 g/mol. The van der Waals surface area contributed by atoms with Gasteiger partial charge in [0.05, 0.1) is 12.1 Å². The predicted molar refractivity (Wildman–Crippen MR) is 59.1 cm³/mol. The Morgan fingerprint density at radius 2 is 2.00 bits per heavy atom. The summed E-state index contributed by atoms with van der Waals surface area (Å²) in [6.45, 7) is 3.45. The van der Waals surface area contributed by atoms with Crippen molar-refractivity contribution >= 4 is 0 Å². The number of hydrogen-bond donors (Lipinski definition) is 1. The Hall–Kier alpha value is -1.00. The molecule has 2 N–H and O–H groups in total. The quantitative estimate of drug-likeness (QED) is 0.860. The molecule has 0 spiro atoms. The maximum absolute atomic E-state index is 13.9. The zero-order valence-electron chi connectivity index (χ0n) is 9.81. The lowest BCUT2D eigenvalue weighted by atomic mass is 9.87. The van der Waals surface area contributed by atoms with Gasteiger partial charge in [0.15, 0.2) is 0 Å². The zero-order valence-corrected chi connectivity index (χ0v) is 9.81. The first-order valence-corrected chi connectivity index (χ1v) is 5.19. The summed E-state index contributed by atoms with van der Waals surface area (Å²) in [5.74, 6) is -1.20. The highest BCUT2D eigenvalue weighted by Crippen LogP contribution is 2.29. The summed E-state index contributed by atoms with van der Waals surface area (Å²) in [7, 11) is 1.46. The smallest absolute Gasteiger partial charge is 0.134 e. The molecular formula is C12H17F2NO. The van der Waals surface area contributed by atoms with Crippen LogP contribution in [0.2, 0.25) is 0 Å². The minimum atomic E-state index is -1.12. The van der Waals surface area contributed by atoms with Crippen LogP contribution in [0.3, 0.4) is 0 Å². The molecule has 0 aliphatic rings. The Labute approximate surface area is 94.4 Å². The average molecular weight is 229 g/mol. The van der Waals surface area contributed by atoms with Crippen LogP contribution in [0.5, 0.6) is 0 Å². The van der Waals surface area contributed by atoms with E-state index in [4.69, 9.17) is 10.5 Å². The minimum absolute atomic E-state index is 0.0841. The fourth-order valence-electron chi connectivity index (χ4n) is 1.72. The molecule has 0 saturated heterocycles. The van der Waals surface area contributed by atoms with Crippen LogP contribution in [0.4, 0.5) is 8.78 Å². The molecule has 0 aromatic heterocycles. The SMILES string of the molecule is CCC(N)(COC)c1c(F)ccc(C)c1F. The van der Waals surface area contributed by atoms with Crippen LogP contribution in [0.25, 0.3) is 0 Å². The van der Waals surface area contributed by atoms with Gasteiger partial charge in [-0.15, -0.1) is 0 Å². The van der Waals surface area contributed by atoms with Gasteiger partial charge >= 0.3 is 0 Å². The van der Waals surface area contributed by atoms with Crippen molar-refractivity contribution in [2.45, 2.75) is 25.8 Å². The van der Waals surface area contributed by atoms with Crippen LogP contribution in [-0.4, -0.2) is 13.7 Å². The molecule has 0 amide bonds. The van der Waals surface area contributed by atoms with E-state index in [-0.39, 0.29) is 12.2 Å². The van der Waals surface area contributed by atoms with Crippen LogP contribution < -0.4 is 5.73 Å². The van der Waals surface area contributed by atoms with Crippen LogP contribution in [0.15, 0.2) is 12.1 Å². The molecule has 1 rings (SSSR count). The summed E-state index contributed by atoms with van der Waals surface area (Å²) in [4.78, 5) is 0. The number of rotatable bonds is 4. The van der Waals surface area contributed by atoms with Gasteiger partial charge in [-0.2, -0.15) is 0 Å². The molecule has 1 unspecified atom stereocenters. The van der Waals surface area contributed by atoms with Gasteiger partial charge in [-0.25, -0.2) is 8.78 Å². The fourth-order valence-corrected chi connectivity index (χ4v) is 1.72. The second-order valence-corrected chi connectivity index (χ2v) is 4.00. The largest absolute Gasteiger partial charge is 0.382 e. The van der Waals surface area contributed by atoms with Crippen molar-refractivity contribution in [1.82, 2.24) is 0 Å². The maximum Gasteiger partial charge on any atom is 0.134 e. The van der Waals surface area contributed by atoms with Crippen LogP contribution in [0, 0.1) is 18.6 Å². The number of hydrogen-bond acceptors (Lipinski definition) is 2. The van der Waals surface area contributed by atoms with E-state index < -0.39 is 17.2 Å². The third kappa shape index (κ3) is 2.23. The van der Waals surface area contributed by atoms with Gasteiger partial charge in [0, 0.05) is 12.7 Å². The average Bonchev–Trinajstić information content (AvgIpc) is 2.24. The predicted octanol–water partition coefficient (Wildman–Crippen LogP) is 2.48. The van der Waals surface area contributed by atoms with Crippen molar-refractivity contribution in [1.29, 1.82) is 0 Å². The first kappa shape index (κ1) is 13.1. The minimum Gasteiger partial charge on any atom is -0.382 e. The van der Waals surface area contributed by atoms with Crippen molar-refractivity contribution in [2.24, 2.45) is 5.73 Å². The van der Waals surface area contributed by atoms with Crippen molar-refractivity contribution in [2.75, 3.05) is 13.7 Å². The molecule has 0 heterocycles. The molecule has 0 aliphatic carbocycles. The van der Waals surface area contributed by atoms with Gasteiger partial charge in [0.25, 0.3) is 0 Å². The lowest BCUT2D eigenvalue weighted by Crippen LogP contribution is -2.42. The van der Waals surface area contributed by atoms with E-state index >= 15 is 0 Å². The molecule has 0 radical (unpaired) electrons. The van der Waals surface area contributed by atoms with Crippen molar-refractivity contribution in [3.8, 4) is 0 Å². The van der Waals surface area contributed by atoms with E-state index in [0.29, 0.717) is 12.0 Å². The maximum atomic E-state index is 13.9. The Kier molecular flexibility index (Phi) is 3.99. The third-order valence-corrected chi connectivity index (χ3v) is 2.81. The summed E-state index contributed by atoms with van der Waals surface area (Å²) in [5, 5.41) is 0. The highest BCUT2D eigenvalue weighted by Gasteiger charge is 2.32. The highest BCUT2D eigenvalue weighted by atomic mass is 19.1. The summed E-state index contributed by atoms with van der Waals surface area (Å²) < 4.78 is 32.5. The molecule has 0 fully saturated rings. The molecule has 0 bridgehead atoms. The second-order valence-electron chi connectivity index (χ2n) is 4.00. The molecule has 2 nitrogen and oxygen atoms in total. The highest BCUT2D eigenvalue weighted by molar-refractivity contribution is 5.32. The first-order chi connectivity index (χ1) is 7.46. The number of methoxy groups -OCH3 is 1. The van der Waals surface area contributed by atoms with E-state index in [1.165, 1.54) is 19.2 Å². The van der Waals surface area contributed by atoms with E-state index in [9.17, 15) is 8.78 Å². The molecular weight excluding hydrogens is 212 g/mol. The Morgan fingerprint density at radius 1 is 1.38 bits per heavy atom. The third-order valence-electron chi connectivity index (χ3n) is 2.81. The molecule has 0 saturated carbocycles. The van der Waals surface area contributed by atoms with Gasteiger partial charge in [-0.3, -0.25) is 0 Å². The molecule has 0 aliphatic heterocycles. The molecule has 90 valence electrons. The number of nitrogens with two attached hydrogens (primary N) is 1. The van der Waals surface area contributed by atoms with Crippen molar-refractivity contribution < 1.29 is 13.5 Å².